The van der Waals surface area contributed by atoms with Crippen molar-refractivity contribution in [2.24, 2.45) is 0 Å². The first-order chi connectivity index (χ1) is 11.1. The zero-order valence-electron chi connectivity index (χ0n) is 14.5. The van der Waals surface area contributed by atoms with Gasteiger partial charge in [0.25, 0.3) is 0 Å². The molecule has 1 aliphatic rings. The largest absolute Gasteiger partial charge is 0.491 e. The Morgan fingerprint density at radius 1 is 1.26 bits per heavy atom. The maximum absolute atomic E-state index is 9.01. The fourth-order valence-electron chi connectivity index (χ4n) is 3.11. The first kappa shape index (κ1) is 18.0. The van der Waals surface area contributed by atoms with Crippen molar-refractivity contribution in [3.8, 4) is 5.75 Å². The minimum atomic E-state index is 0.251. The van der Waals surface area contributed by atoms with Gasteiger partial charge >= 0.3 is 0 Å². The van der Waals surface area contributed by atoms with E-state index < -0.39 is 0 Å². The Morgan fingerprint density at radius 3 is 2.61 bits per heavy atom. The van der Waals surface area contributed by atoms with E-state index in [2.05, 4.69) is 29.7 Å². The van der Waals surface area contributed by atoms with E-state index in [9.17, 15) is 0 Å². The molecule has 1 saturated heterocycles. The van der Waals surface area contributed by atoms with E-state index >= 15 is 0 Å². The van der Waals surface area contributed by atoms with Crippen LogP contribution in [0.3, 0.4) is 0 Å². The number of β-amino-alcohol motifs (C(OH)–C–C–N with tert-alkyl or cyclic N) is 1. The predicted octanol–water partition coefficient (Wildman–Crippen LogP) is 1.60. The number of nitrogens with zero attached hydrogens (tertiary/aromatic N) is 2. The second-order valence-electron chi connectivity index (χ2n) is 6.38. The monoisotopic (exact) mass is 321 g/mol. The number of hydrogen-bond acceptors (Lipinski definition) is 5. The molecule has 130 valence electrons. The molecule has 0 radical (unpaired) electrons. The minimum absolute atomic E-state index is 0.251. The molecule has 2 rings (SSSR count). The summed E-state index contributed by atoms with van der Waals surface area (Å²) in [5, 5.41) is 9.01. The average Bonchev–Trinajstić information content (AvgIpc) is 2.55. The lowest BCUT2D eigenvalue weighted by atomic mass is 10.0. The van der Waals surface area contributed by atoms with Crippen LogP contribution < -0.4 is 10.5 Å². The lowest BCUT2D eigenvalue weighted by Crippen LogP contribution is -2.50. The zero-order valence-corrected chi connectivity index (χ0v) is 14.5. The van der Waals surface area contributed by atoms with Gasteiger partial charge in [0.05, 0.1) is 18.9 Å². The highest BCUT2D eigenvalue weighted by Crippen LogP contribution is 2.24. The predicted molar refractivity (Wildman–Crippen MR) is 94.9 cm³/mol. The molecule has 5 nitrogen and oxygen atoms in total. The second kappa shape index (κ2) is 9.11. The maximum Gasteiger partial charge on any atom is 0.142 e. The van der Waals surface area contributed by atoms with Crippen LogP contribution in [0.5, 0.6) is 5.75 Å². The number of hydrogen-bond donors (Lipinski definition) is 2. The van der Waals surface area contributed by atoms with Crippen molar-refractivity contribution in [1.82, 2.24) is 9.80 Å². The molecule has 0 aromatic heterocycles. The Bertz CT molecular complexity index is 473. The SMILES string of the molecule is CCCOc1ccc(CC(C)N2CCN(CCO)CC2)cc1N. The molecule has 23 heavy (non-hydrogen) atoms. The van der Waals surface area contributed by atoms with Crippen LogP contribution in [0.15, 0.2) is 18.2 Å². The van der Waals surface area contributed by atoms with Gasteiger partial charge in [-0.1, -0.05) is 13.0 Å². The Kier molecular flexibility index (Phi) is 7.15. The highest BCUT2D eigenvalue weighted by molar-refractivity contribution is 5.54. The van der Waals surface area contributed by atoms with Gasteiger partial charge in [0.2, 0.25) is 0 Å². The Balaban J connectivity index is 1.85. The van der Waals surface area contributed by atoms with Crippen LogP contribution in [0, 0.1) is 0 Å². The van der Waals surface area contributed by atoms with Gasteiger partial charge in [0.15, 0.2) is 0 Å². The third-order valence-corrected chi connectivity index (χ3v) is 4.51. The van der Waals surface area contributed by atoms with E-state index in [1.54, 1.807) is 0 Å². The van der Waals surface area contributed by atoms with E-state index in [0.717, 1.165) is 57.0 Å². The molecule has 0 amide bonds. The van der Waals surface area contributed by atoms with Crippen LogP contribution in [0.2, 0.25) is 0 Å². The van der Waals surface area contributed by atoms with Crippen LogP contribution >= 0.6 is 0 Å². The number of nitrogen functional groups attached to an aromatic ring is 1. The molecule has 3 N–H and O–H groups in total. The van der Waals surface area contributed by atoms with Crippen LogP contribution in [-0.2, 0) is 6.42 Å². The smallest absolute Gasteiger partial charge is 0.142 e. The van der Waals surface area contributed by atoms with Crippen molar-refractivity contribution in [2.45, 2.75) is 32.7 Å². The van der Waals surface area contributed by atoms with Crippen LogP contribution in [0.25, 0.3) is 0 Å². The molecule has 1 atom stereocenters. The first-order valence-electron chi connectivity index (χ1n) is 8.72. The van der Waals surface area contributed by atoms with Gasteiger partial charge in [-0.2, -0.15) is 0 Å². The quantitative estimate of drug-likeness (QED) is 0.712. The lowest BCUT2D eigenvalue weighted by molar-refractivity contribution is 0.0888. The number of nitrogens with two attached hydrogens (primary N) is 1. The molecule has 5 heteroatoms. The molecule has 1 aromatic rings. The van der Waals surface area contributed by atoms with Crippen molar-refractivity contribution >= 4 is 5.69 Å². The van der Waals surface area contributed by atoms with E-state index in [-0.39, 0.29) is 6.61 Å². The van der Waals surface area contributed by atoms with Gasteiger partial charge in [-0.05, 0) is 37.5 Å². The minimum Gasteiger partial charge on any atom is -0.491 e. The van der Waals surface area contributed by atoms with E-state index in [1.807, 2.05) is 12.1 Å². The normalized spacial score (nSPS) is 18.0. The summed E-state index contributed by atoms with van der Waals surface area (Å²) in [6.07, 6.45) is 1.98. The Morgan fingerprint density at radius 2 is 2.00 bits per heavy atom. The number of aliphatic hydroxyl groups excluding tert-OH is 1. The van der Waals surface area contributed by atoms with Crippen molar-refractivity contribution in [1.29, 1.82) is 0 Å². The summed E-state index contributed by atoms with van der Waals surface area (Å²) in [6, 6.07) is 6.66. The fourth-order valence-corrected chi connectivity index (χ4v) is 3.11. The number of aliphatic hydroxyl groups is 1. The zero-order chi connectivity index (χ0) is 16.7. The molecule has 1 aliphatic heterocycles. The highest BCUT2D eigenvalue weighted by Gasteiger charge is 2.21. The van der Waals surface area contributed by atoms with Gasteiger partial charge < -0.3 is 15.6 Å². The summed E-state index contributed by atoms with van der Waals surface area (Å²) < 4.78 is 5.64. The summed E-state index contributed by atoms with van der Waals surface area (Å²) in [6.45, 7) is 10.3. The molecule has 1 aromatic carbocycles. The Labute approximate surface area is 140 Å². The van der Waals surface area contributed by atoms with E-state index in [0.29, 0.717) is 12.6 Å². The summed E-state index contributed by atoms with van der Waals surface area (Å²) >= 11 is 0. The number of rotatable bonds is 8. The molecule has 1 unspecified atom stereocenters. The molecular formula is C18H31N3O2. The molecular weight excluding hydrogens is 290 g/mol. The van der Waals surface area contributed by atoms with E-state index in [4.69, 9.17) is 15.6 Å². The lowest BCUT2D eigenvalue weighted by Gasteiger charge is -2.38. The van der Waals surface area contributed by atoms with Crippen molar-refractivity contribution in [3.05, 3.63) is 23.8 Å². The van der Waals surface area contributed by atoms with Crippen molar-refractivity contribution < 1.29 is 9.84 Å². The van der Waals surface area contributed by atoms with Gasteiger partial charge in [0.1, 0.15) is 5.75 Å². The second-order valence-corrected chi connectivity index (χ2v) is 6.38. The molecule has 0 saturated carbocycles. The van der Waals surface area contributed by atoms with Crippen molar-refractivity contribution in [3.63, 3.8) is 0 Å². The molecule has 1 fully saturated rings. The van der Waals surface area contributed by atoms with Gasteiger partial charge in [-0.25, -0.2) is 0 Å². The number of ether oxygens (including phenoxy) is 1. The van der Waals surface area contributed by atoms with Gasteiger partial charge in [0, 0.05) is 38.8 Å². The van der Waals surface area contributed by atoms with Crippen molar-refractivity contribution in [2.75, 3.05) is 51.7 Å². The van der Waals surface area contributed by atoms with Gasteiger partial charge in [-0.15, -0.1) is 0 Å². The van der Waals surface area contributed by atoms with Gasteiger partial charge in [-0.3, -0.25) is 9.80 Å². The summed E-state index contributed by atoms with van der Waals surface area (Å²) in [4.78, 5) is 4.84. The van der Waals surface area contributed by atoms with Crippen LogP contribution in [0.4, 0.5) is 5.69 Å². The number of benzene rings is 1. The highest BCUT2D eigenvalue weighted by atomic mass is 16.5. The summed E-state index contributed by atoms with van der Waals surface area (Å²) in [5.74, 6) is 0.792. The summed E-state index contributed by atoms with van der Waals surface area (Å²) in [7, 11) is 0. The maximum atomic E-state index is 9.01. The first-order valence-corrected chi connectivity index (χ1v) is 8.72. The Hall–Kier alpha value is -1.30. The third-order valence-electron chi connectivity index (χ3n) is 4.51. The molecule has 0 aliphatic carbocycles. The number of piperazine rings is 1. The standard InChI is InChI=1S/C18H31N3O2/c1-3-12-23-18-5-4-16(14-17(18)19)13-15(2)21-8-6-20(7-9-21)10-11-22/h4-5,14-15,22H,3,6-13,19H2,1-2H3. The third kappa shape index (κ3) is 5.37. The molecule has 0 bridgehead atoms. The topological polar surface area (TPSA) is 62.0 Å². The fraction of sp³-hybridized carbons (Fsp3) is 0.667. The summed E-state index contributed by atoms with van der Waals surface area (Å²) in [5.41, 5.74) is 8.09. The van der Waals surface area contributed by atoms with Crippen LogP contribution in [0.1, 0.15) is 25.8 Å². The molecule has 1 heterocycles. The van der Waals surface area contributed by atoms with Crippen LogP contribution in [-0.4, -0.2) is 66.9 Å². The van der Waals surface area contributed by atoms with E-state index in [1.165, 1.54) is 5.56 Å². The molecule has 0 spiro atoms. The number of anilines is 1. The average molecular weight is 321 g/mol.